The van der Waals surface area contributed by atoms with Crippen LogP contribution in [0.2, 0.25) is 0 Å². The Kier molecular flexibility index (Phi) is 10.1. The van der Waals surface area contributed by atoms with Gasteiger partial charge in [0.25, 0.3) is 0 Å². The molecule has 2 saturated heterocycles. The highest BCUT2D eigenvalue weighted by molar-refractivity contribution is 7.99. The maximum Gasteiger partial charge on any atom is 0.471 e. The summed E-state index contributed by atoms with van der Waals surface area (Å²) in [7, 11) is 1.62. The molecule has 5 rings (SSSR count). The maximum atomic E-state index is 13.1. The molecule has 3 aromatic carbocycles. The third-order valence-electron chi connectivity index (χ3n) is 7.59. The fourth-order valence-corrected chi connectivity index (χ4v) is 6.43. The van der Waals surface area contributed by atoms with Crippen LogP contribution < -0.4 is 10.1 Å². The molecule has 0 unspecified atom stereocenters. The zero-order valence-electron chi connectivity index (χ0n) is 24.0. The highest BCUT2D eigenvalue weighted by atomic mass is 32.2. The van der Waals surface area contributed by atoms with Gasteiger partial charge < -0.3 is 29.5 Å². The molecule has 2 amide bonds. The summed E-state index contributed by atoms with van der Waals surface area (Å²) in [6.45, 7) is -0.202. The first-order chi connectivity index (χ1) is 21.2. The lowest BCUT2D eigenvalue weighted by Crippen LogP contribution is -2.48. The first kappa shape index (κ1) is 31.8. The van der Waals surface area contributed by atoms with Crippen molar-refractivity contribution in [3.8, 4) is 5.75 Å². The van der Waals surface area contributed by atoms with Gasteiger partial charge in [0.2, 0.25) is 5.91 Å². The van der Waals surface area contributed by atoms with Crippen molar-refractivity contribution in [1.29, 1.82) is 0 Å². The smallest absolute Gasteiger partial charge is 0.471 e. The fraction of sp³-hybridized carbons (Fsp3) is 0.375. The maximum absolute atomic E-state index is 13.1. The third-order valence-corrected chi connectivity index (χ3v) is 8.78. The fourth-order valence-electron chi connectivity index (χ4n) is 5.38. The van der Waals surface area contributed by atoms with Gasteiger partial charge in [0.1, 0.15) is 11.8 Å². The number of nitrogens with zero attached hydrogens (tertiary/aromatic N) is 1. The van der Waals surface area contributed by atoms with Crippen molar-refractivity contribution in [2.24, 2.45) is 0 Å². The zero-order chi connectivity index (χ0) is 31.3. The molecule has 2 N–H and O–H groups in total. The van der Waals surface area contributed by atoms with E-state index in [0.29, 0.717) is 34.7 Å². The van der Waals surface area contributed by atoms with Crippen molar-refractivity contribution >= 4 is 29.3 Å². The summed E-state index contributed by atoms with van der Waals surface area (Å²) in [4.78, 5) is 26.4. The van der Waals surface area contributed by atoms with Crippen molar-refractivity contribution in [2.45, 2.75) is 61.5 Å². The number of carbonyl (C=O) groups is 2. The van der Waals surface area contributed by atoms with E-state index in [9.17, 15) is 27.9 Å². The molecule has 44 heavy (non-hydrogen) atoms. The van der Waals surface area contributed by atoms with E-state index in [4.69, 9.17) is 14.2 Å². The second-order valence-electron chi connectivity index (χ2n) is 10.6. The van der Waals surface area contributed by atoms with Crippen LogP contribution in [0.3, 0.4) is 0 Å². The average Bonchev–Trinajstić information content (AvgIpc) is 3.53. The molecule has 2 aliphatic heterocycles. The molecule has 4 atom stereocenters. The molecule has 8 nitrogen and oxygen atoms in total. The van der Waals surface area contributed by atoms with E-state index in [1.54, 1.807) is 43.1 Å². The summed E-state index contributed by atoms with van der Waals surface area (Å²) in [5, 5.41) is 12.1. The Morgan fingerprint density at radius 1 is 1.05 bits per heavy atom. The summed E-state index contributed by atoms with van der Waals surface area (Å²) >= 11 is 1.60. The molecule has 2 aliphatic rings. The van der Waals surface area contributed by atoms with Gasteiger partial charge >= 0.3 is 12.1 Å². The minimum Gasteiger partial charge on any atom is -0.496 e. The number of ether oxygens (including phenoxy) is 3. The first-order valence-electron chi connectivity index (χ1n) is 14.2. The SMILES string of the molecule is COc1ccccc1SC[C@@H]1C[C@H](c2ccc(CO)cc2)O[C@H](c2cccc(NC(=O)[C@@H]3CCCN3C(=O)C(F)(F)F)c2)O1. The number of thioether (sulfide) groups is 1. The highest BCUT2D eigenvalue weighted by Crippen LogP contribution is 2.41. The minimum absolute atomic E-state index is 0.0722. The van der Waals surface area contributed by atoms with E-state index < -0.39 is 30.3 Å². The molecule has 12 heteroatoms. The van der Waals surface area contributed by atoms with Gasteiger partial charge in [-0.2, -0.15) is 13.2 Å². The summed E-state index contributed by atoms with van der Waals surface area (Å²) in [6.07, 6.45) is -5.40. The number of likely N-dealkylation sites (tertiary alicyclic amines) is 1. The molecule has 234 valence electrons. The van der Waals surface area contributed by atoms with Crippen molar-refractivity contribution in [3.05, 3.63) is 89.5 Å². The number of anilines is 1. The van der Waals surface area contributed by atoms with E-state index in [2.05, 4.69) is 5.32 Å². The van der Waals surface area contributed by atoms with Crippen molar-refractivity contribution in [3.63, 3.8) is 0 Å². The van der Waals surface area contributed by atoms with Crippen LogP contribution in [0.4, 0.5) is 18.9 Å². The summed E-state index contributed by atoms with van der Waals surface area (Å²) < 4.78 is 57.5. The van der Waals surface area contributed by atoms with Crippen LogP contribution in [0.25, 0.3) is 0 Å². The normalized spacial score (nSPS) is 22.1. The first-order valence-corrected chi connectivity index (χ1v) is 15.2. The molecule has 0 aromatic heterocycles. The molecular weight excluding hydrogens is 597 g/mol. The van der Waals surface area contributed by atoms with Crippen molar-refractivity contribution in [1.82, 2.24) is 4.90 Å². The number of methoxy groups -OCH3 is 1. The number of halogens is 3. The molecule has 2 heterocycles. The molecule has 2 fully saturated rings. The predicted molar refractivity (Wildman–Crippen MR) is 158 cm³/mol. The third kappa shape index (κ3) is 7.55. The number of hydrogen-bond donors (Lipinski definition) is 2. The number of nitrogens with one attached hydrogen (secondary N) is 1. The van der Waals surface area contributed by atoms with Crippen LogP contribution in [0, 0.1) is 0 Å². The Balaban J connectivity index is 1.33. The lowest BCUT2D eigenvalue weighted by atomic mass is 10.0. The summed E-state index contributed by atoms with van der Waals surface area (Å²) in [6, 6.07) is 20.8. The highest BCUT2D eigenvalue weighted by Gasteiger charge is 2.47. The summed E-state index contributed by atoms with van der Waals surface area (Å²) in [5.41, 5.74) is 2.66. The number of amides is 2. The van der Waals surface area contributed by atoms with Crippen LogP contribution in [-0.2, 0) is 25.7 Å². The lowest BCUT2D eigenvalue weighted by Gasteiger charge is -2.36. The van der Waals surface area contributed by atoms with Crippen LogP contribution >= 0.6 is 11.8 Å². The number of carbonyl (C=O) groups excluding carboxylic acids is 2. The Hall–Kier alpha value is -3.58. The van der Waals surface area contributed by atoms with E-state index in [0.717, 1.165) is 21.8 Å². The standard InChI is InChI=1S/C32H33F3N2O6S/c1-41-26-9-2-3-10-28(26)44-19-24-17-27(21-13-11-20(18-38)12-14-21)43-30(42-24)22-6-4-7-23(16-22)36-29(39)25-8-5-15-37(25)31(40)32(33,34)35/h2-4,6-7,9-14,16,24-25,27,30,38H,5,8,15,17-19H2,1H3,(H,36,39)/t24-,25-,27+,30+/m0/s1. The monoisotopic (exact) mass is 630 g/mol. The quantitative estimate of drug-likeness (QED) is 0.279. The van der Waals surface area contributed by atoms with Crippen LogP contribution in [-0.4, -0.2) is 59.6 Å². The van der Waals surface area contributed by atoms with Gasteiger partial charge in [-0.1, -0.05) is 48.5 Å². The van der Waals surface area contributed by atoms with Crippen LogP contribution in [0.1, 0.15) is 48.3 Å². The number of alkyl halides is 3. The number of para-hydroxylation sites is 1. The topological polar surface area (TPSA) is 97.3 Å². The largest absolute Gasteiger partial charge is 0.496 e. The Morgan fingerprint density at radius 2 is 1.82 bits per heavy atom. The molecule has 3 aromatic rings. The average molecular weight is 631 g/mol. The predicted octanol–water partition coefficient (Wildman–Crippen LogP) is 6.02. The zero-order valence-corrected chi connectivity index (χ0v) is 24.8. The Bertz CT molecular complexity index is 1450. The molecule has 0 saturated carbocycles. The molecule has 0 spiro atoms. The second kappa shape index (κ2) is 14.0. The van der Waals surface area contributed by atoms with Crippen molar-refractivity contribution < 1.29 is 42.1 Å². The molecule has 0 bridgehead atoms. The van der Waals surface area contributed by atoms with E-state index in [-0.39, 0.29) is 31.8 Å². The van der Waals surface area contributed by atoms with Gasteiger partial charge in [-0.15, -0.1) is 11.8 Å². The van der Waals surface area contributed by atoms with Crippen LogP contribution in [0.5, 0.6) is 5.75 Å². The number of aliphatic hydroxyl groups excluding tert-OH is 1. The Morgan fingerprint density at radius 3 is 2.55 bits per heavy atom. The van der Waals surface area contributed by atoms with E-state index in [1.807, 2.05) is 48.5 Å². The molecule has 0 radical (unpaired) electrons. The lowest BCUT2D eigenvalue weighted by molar-refractivity contribution is -0.245. The van der Waals surface area contributed by atoms with Gasteiger partial charge in [0.15, 0.2) is 6.29 Å². The van der Waals surface area contributed by atoms with Gasteiger partial charge in [0.05, 0.1) is 25.9 Å². The second-order valence-corrected chi connectivity index (χ2v) is 11.6. The number of hydrogen-bond acceptors (Lipinski definition) is 7. The number of benzene rings is 3. The van der Waals surface area contributed by atoms with E-state index >= 15 is 0 Å². The van der Waals surface area contributed by atoms with Gasteiger partial charge in [-0.3, -0.25) is 9.59 Å². The molecular formula is C32H33F3N2O6S. The molecule has 0 aliphatic carbocycles. The minimum atomic E-state index is -5.05. The van der Waals surface area contributed by atoms with Crippen molar-refractivity contribution in [2.75, 3.05) is 24.7 Å². The number of aliphatic hydroxyl groups is 1. The van der Waals surface area contributed by atoms with Gasteiger partial charge in [-0.05, 0) is 48.2 Å². The Labute approximate surface area is 257 Å². The van der Waals surface area contributed by atoms with Gasteiger partial charge in [-0.25, -0.2) is 0 Å². The number of rotatable bonds is 9. The van der Waals surface area contributed by atoms with Crippen LogP contribution in [0.15, 0.2) is 77.7 Å². The summed E-state index contributed by atoms with van der Waals surface area (Å²) in [5.74, 6) is -1.33. The van der Waals surface area contributed by atoms with Gasteiger partial charge in [0, 0.05) is 34.9 Å². The van der Waals surface area contributed by atoms with E-state index in [1.165, 1.54) is 0 Å².